The van der Waals surface area contributed by atoms with E-state index in [2.05, 4.69) is 20.6 Å². The fourth-order valence-corrected chi connectivity index (χ4v) is 1.54. The Morgan fingerprint density at radius 2 is 2.22 bits per heavy atom. The molecule has 7 heteroatoms. The van der Waals surface area contributed by atoms with Gasteiger partial charge in [-0.1, -0.05) is 5.21 Å². The van der Waals surface area contributed by atoms with Crippen molar-refractivity contribution in [1.82, 2.24) is 25.3 Å². The number of hydrogen-bond donors (Lipinski definition) is 2. The molecule has 0 radical (unpaired) electrons. The summed E-state index contributed by atoms with van der Waals surface area (Å²) in [6.45, 7) is 5.48. The molecule has 0 aliphatic heterocycles. The molecule has 0 aliphatic carbocycles. The molecule has 0 bridgehead atoms. The molecule has 2 N–H and O–H groups in total. The van der Waals surface area contributed by atoms with Crippen molar-refractivity contribution in [3.63, 3.8) is 0 Å². The summed E-state index contributed by atoms with van der Waals surface area (Å²) < 4.78 is 7.06. The van der Waals surface area contributed by atoms with Gasteiger partial charge in [-0.15, -0.1) is 5.10 Å². The van der Waals surface area contributed by atoms with Gasteiger partial charge in [-0.05, 0) is 13.8 Å². The van der Waals surface area contributed by atoms with Gasteiger partial charge in [0.05, 0.1) is 31.1 Å². The summed E-state index contributed by atoms with van der Waals surface area (Å²) in [5, 5.41) is 19.8. The smallest absolute Gasteiger partial charge is 0.208 e. The highest BCUT2D eigenvalue weighted by Crippen LogP contribution is 2.07. The van der Waals surface area contributed by atoms with Crippen LogP contribution in [0.25, 0.3) is 0 Å². The lowest BCUT2D eigenvalue weighted by Gasteiger charge is -1.97. The second-order valence-electron chi connectivity index (χ2n) is 4.05. The molecule has 0 aliphatic rings. The van der Waals surface area contributed by atoms with Crippen LogP contribution in [0.5, 0.6) is 0 Å². The number of rotatable bonds is 6. The first kappa shape index (κ1) is 12.7. The fraction of sp³-hybridized carbons (Fsp3) is 0.545. The van der Waals surface area contributed by atoms with Crippen molar-refractivity contribution in [2.45, 2.75) is 33.5 Å². The highest BCUT2D eigenvalue weighted by Gasteiger charge is 2.05. The summed E-state index contributed by atoms with van der Waals surface area (Å²) in [6.07, 6.45) is 1.80. The van der Waals surface area contributed by atoms with E-state index in [-0.39, 0.29) is 6.61 Å². The van der Waals surface area contributed by atoms with E-state index in [1.165, 1.54) is 0 Å². The van der Waals surface area contributed by atoms with Crippen molar-refractivity contribution >= 4 is 0 Å². The number of aliphatic hydroxyl groups excluding tert-OH is 1. The third-order valence-electron chi connectivity index (χ3n) is 2.57. The number of aryl methyl sites for hydroxylation is 2. The predicted molar refractivity (Wildman–Crippen MR) is 63.6 cm³/mol. The normalized spacial score (nSPS) is 11.1. The lowest BCUT2D eigenvalue weighted by Crippen LogP contribution is -2.13. The van der Waals surface area contributed by atoms with E-state index in [1.807, 2.05) is 13.8 Å². The minimum atomic E-state index is 0.0606. The maximum atomic E-state index is 8.76. The molecule has 0 amide bonds. The lowest BCUT2D eigenvalue weighted by atomic mass is 10.4. The van der Waals surface area contributed by atoms with E-state index in [0.29, 0.717) is 25.5 Å². The predicted octanol–water partition coefficient (Wildman–Crippen LogP) is 0.165. The highest BCUT2D eigenvalue weighted by molar-refractivity contribution is 5.05. The lowest BCUT2D eigenvalue weighted by molar-refractivity contribution is 0.268. The number of hydrogen-bond acceptors (Lipinski definition) is 6. The summed E-state index contributed by atoms with van der Waals surface area (Å²) in [4.78, 5) is 4.27. The fourth-order valence-electron chi connectivity index (χ4n) is 1.54. The Hall–Kier alpha value is -1.73. The van der Waals surface area contributed by atoms with Crippen LogP contribution in [0.2, 0.25) is 0 Å². The zero-order chi connectivity index (χ0) is 13.0. The van der Waals surface area contributed by atoms with Crippen molar-refractivity contribution in [3.05, 3.63) is 29.2 Å². The molecule has 0 unspecified atom stereocenters. The molecule has 98 valence electrons. The minimum Gasteiger partial charge on any atom is -0.444 e. The molecule has 0 atom stereocenters. The first-order valence-corrected chi connectivity index (χ1v) is 5.82. The van der Waals surface area contributed by atoms with Crippen LogP contribution in [0.3, 0.4) is 0 Å². The van der Waals surface area contributed by atoms with Gasteiger partial charge in [0.1, 0.15) is 5.76 Å². The maximum absolute atomic E-state index is 8.76. The zero-order valence-electron chi connectivity index (χ0n) is 10.6. The SMILES string of the molecule is Cc1nc(CNCc2cn(CCO)nn2)oc1C. The topological polar surface area (TPSA) is 89.0 Å². The summed E-state index contributed by atoms with van der Waals surface area (Å²) >= 11 is 0. The van der Waals surface area contributed by atoms with E-state index in [4.69, 9.17) is 9.52 Å². The minimum absolute atomic E-state index is 0.0606. The van der Waals surface area contributed by atoms with E-state index >= 15 is 0 Å². The maximum Gasteiger partial charge on any atom is 0.208 e. The van der Waals surface area contributed by atoms with E-state index < -0.39 is 0 Å². The second kappa shape index (κ2) is 5.74. The van der Waals surface area contributed by atoms with Crippen LogP contribution in [-0.4, -0.2) is 31.7 Å². The number of nitrogens with zero attached hydrogens (tertiary/aromatic N) is 4. The molecule has 0 saturated carbocycles. The van der Waals surface area contributed by atoms with Gasteiger partial charge in [-0.2, -0.15) is 0 Å². The van der Waals surface area contributed by atoms with Crippen LogP contribution in [0.1, 0.15) is 23.0 Å². The first-order valence-electron chi connectivity index (χ1n) is 5.82. The zero-order valence-corrected chi connectivity index (χ0v) is 10.6. The van der Waals surface area contributed by atoms with Crippen molar-refractivity contribution in [2.75, 3.05) is 6.61 Å². The van der Waals surface area contributed by atoms with Gasteiger partial charge in [0.25, 0.3) is 0 Å². The van der Waals surface area contributed by atoms with Crippen LogP contribution >= 0.6 is 0 Å². The highest BCUT2D eigenvalue weighted by atomic mass is 16.4. The quantitative estimate of drug-likeness (QED) is 0.760. The van der Waals surface area contributed by atoms with Gasteiger partial charge in [0.15, 0.2) is 0 Å². The van der Waals surface area contributed by atoms with Crippen LogP contribution in [0.15, 0.2) is 10.6 Å². The standard InChI is InChI=1S/C11H17N5O2/c1-8-9(2)18-11(13-8)6-12-5-10-7-16(3-4-17)15-14-10/h7,12,17H,3-6H2,1-2H3. The summed E-state index contributed by atoms with van der Waals surface area (Å²) in [7, 11) is 0. The molecule has 2 aromatic heterocycles. The summed E-state index contributed by atoms with van der Waals surface area (Å²) in [5.41, 5.74) is 1.74. The van der Waals surface area contributed by atoms with Gasteiger partial charge in [0, 0.05) is 12.7 Å². The molecule has 2 rings (SSSR count). The molecule has 0 spiro atoms. The Morgan fingerprint density at radius 3 is 2.89 bits per heavy atom. The molecule has 0 fully saturated rings. The van der Waals surface area contributed by atoms with Crippen molar-refractivity contribution in [3.8, 4) is 0 Å². The largest absolute Gasteiger partial charge is 0.444 e. The molecule has 0 saturated heterocycles. The molecule has 18 heavy (non-hydrogen) atoms. The third-order valence-corrected chi connectivity index (χ3v) is 2.57. The summed E-state index contributed by atoms with van der Waals surface area (Å²) in [6, 6.07) is 0. The first-order chi connectivity index (χ1) is 8.69. The molecule has 2 heterocycles. The number of aliphatic hydroxyl groups is 1. The Bertz CT molecular complexity index is 486. The Labute approximate surface area is 105 Å². The molecule has 7 nitrogen and oxygen atoms in total. The Balaban J connectivity index is 1.80. The average Bonchev–Trinajstić information content (AvgIpc) is 2.88. The van der Waals surface area contributed by atoms with Crippen LogP contribution in [0.4, 0.5) is 0 Å². The van der Waals surface area contributed by atoms with E-state index in [0.717, 1.165) is 17.1 Å². The monoisotopic (exact) mass is 251 g/mol. The van der Waals surface area contributed by atoms with Gasteiger partial charge in [0.2, 0.25) is 5.89 Å². The van der Waals surface area contributed by atoms with E-state index in [9.17, 15) is 0 Å². The van der Waals surface area contributed by atoms with Gasteiger partial charge in [-0.3, -0.25) is 0 Å². The molecule has 0 aromatic carbocycles. The number of aromatic nitrogens is 4. The third kappa shape index (κ3) is 3.14. The molecular weight excluding hydrogens is 234 g/mol. The van der Waals surface area contributed by atoms with Crippen molar-refractivity contribution in [1.29, 1.82) is 0 Å². The second-order valence-corrected chi connectivity index (χ2v) is 4.05. The van der Waals surface area contributed by atoms with Gasteiger partial charge < -0.3 is 14.8 Å². The van der Waals surface area contributed by atoms with Crippen molar-refractivity contribution in [2.24, 2.45) is 0 Å². The summed E-state index contributed by atoms with van der Waals surface area (Å²) in [5.74, 6) is 1.52. The molecule has 2 aromatic rings. The average molecular weight is 251 g/mol. The van der Waals surface area contributed by atoms with Crippen LogP contribution < -0.4 is 5.32 Å². The van der Waals surface area contributed by atoms with Crippen molar-refractivity contribution < 1.29 is 9.52 Å². The van der Waals surface area contributed by atoms with Crippen LogP contribution in [-0.2, 0) is 19.6 Å². The van der Waals surface area contributed by atoms with E-state index in [1.54, 1.807) is 10.9 Å². The Kier molecular flexibility index (Phi) is 4.06. The molecular formula is C11H17N5O2. The Morgan fingerprint density at radius 1 is 1.39 bits per heavy atom. The van der Waals surface area contributed by atoms with Gasteiger partial charge in [-0.25, -0.2) is 9.67 Å². The van der Waals surface area contributed by atoms with Gasteiger partial charge >= 0.3 is 0 Å². The number of nitrogens with one attached hydrogen (secondary N) is 1. The number of oxazole rings is 1. The van der Waals surface area contributed by atoms with Crippen LogP contribution in [0, 0.1) is 13.8 Å².